The second-order valence-corrected chi connectivity index (χ2v) is 7.17. The SMILES string of the molecule is Cc1cc2[nH]nc(-c3cnn(C)c3)c2cc1C1=CC2CNCC2C1. The number of aryl methyl sites for hydroxylation is 2. The van der Waals surface area contributed by atoms with E-state index in [0.29, 0.717) is 5.92 Å². The number of hydrogen-bond acceptors (Lipinski definition) is 3. The summed E-state index contributed by atoms with van der Waals surface area (Å²) in [6.45, 7) is 4.48. The van der Waals surface area contributed by atoms with Gasteiger partial charge in [-0.1, -0.05) is 6.08 Å². The molecule has 2 aromatic heterocycles. The molecule has 1 aliphatic carbocycles. The minimum atomic E-state index is 0.706. The van der Waals surface area contributed by atoms with E-state index >= 15 is 0 Å². The zero-order valence-corrected chi connectivity index (χ0v) is 14.0. The molecule has 0 radical (unpaired) electrons. The highest BCUT2D eigenvalue weighted by Gasteiger charge is 2.32. The number of H-pyrrole nitrogens is 1. The lowest BCUT2D eigenvalue weighted by molar-refractivity contribution is 0.536. The van der Waals surface area contributed by atoms with Gasteiger partial charge in [-0.05, 0) is 60.6 Å². The van der Waals surface area contributed by atoms with Crippen LogP contribution < -0.4 is 5.32 Å². The van der Waals surface area contributed by atoms with E-state index in [0.717, 1.165) is 35.8 Å². The van der Waals surface area contributed by atoms with Crippen LogP contribution in [0.3, 0.4) is 0 Å². The van der Waals surface area contributed by atoms with Gasteiger partial charge in [-0.25, -0.2) is 0 Å². The van der Waals surface area contributed by atoms with Crippen molar-refractivity contribution < 1.29 is 0 Å². The van der Waals surface area contributed by atoms with Crippen molar-refractivity contribution >= 4 is 16.5 Å². The Morgan fingerprint density at radius 2 is 2.17 bits per heavy atom. The first-order chi connectivity index (χ1) is 11.7. The molecule has 0 saturated carbocycles. The molecule has 2 N–H and O–H groups in total. The summed E-state index contributed by atoms with van der Waals surface area (Å²) in [5, 5.41) is 16.7. The molecule has 1 fully saturated rings. The second-order valence-electron chi connectivity index (χ2n) is 7.17. The Bertz CT molecular complexity index is 961. The Balaban J connectivity index is 1.63. The fourth-order valence-electron chi connectivity index (χ4n) is 4.26. The van der Waals surface area contributed by atoms with Gasteiger partial charge in [0.1, 0.15) is 5.69 Å². The number of nitrogens with one attached hydrogen (secondary N) is 2. The Labute approximate surface area is 140 Å². The molecular weight excluding hydrogens is 298 g/mol. The molecule has 122 valence electrons. The van der Waals surface area contributed by atoms with Crippen LogP contribution in [0.5, 0.6) is 0 Å². The van der Waals surface area contributed by atoms with Crippen molar-refractivity contribution in [2.75, 3.05) is 13.1 Å². The van der Waals surface area contributed by atoms with Gasteiger partial charge in [0.2, 0.25) is 0 Å². The zero-order chi connectivity index (χ0) is 16.3. The monoisotopic (exact) mass is 319 g/mol. The third kappa shape index (κ3) is 2.04. The molecule has 0 bridgehead atoms. The summed E-state index contributed by atoms with van der Waals surface area (Å²) in [6, 6.07) is 4.54. The third-order valence-electron chi connectivity index (χ3n) is 5.52. The van der Waals surface area contributed by atoms with Gasteiger partial charge in [0.15, 0.2) is 0 Å². The summed E-state index contributed by atoms with van der Waals surface area (Å²) in [7, 11) is 1.93. The second kappa shape index (κ2) is 5.05. The van der Waals surface area contributed by atoms with E-state index in [1.54, 1.807) is 0 Å². The molecule has 2 aliphatic rings. The molecule has 2 atom stereocenters. The van der Waals surface area contributed by atoms with Crippen molar-refractivity contribution in [2.24, 2.45) is 18.9 Å². The molecule has 3 aromatic rings. The highest BCUT2D eigenvalue weighted by atomic mass is 15.2. The Kier molecular flexibility index (Phi) is 2.94. The topological polar surface area (TPSA) is 58.5 Å². The molecule has 1 saturated heterocycles. The largest absolute Gasteiger partial charge is 0.316 e. The van der Waals surface area contributed by atoms with Gasteiger partial charge in [-0.3, -0.25) is 9.78 Å². The van der Waals surface area contributed by atoms with Crippen LogP contribution in [-0.4, -0.2) is 33.1 Å². The van der Waals surface area contributed by atoms with Crippen molar-refractivity contribution in [3.63, 3.8) is 0 Å². The van der Waals surface area contributed by atoms with Gasteiger partial charge in [0.25, 0.3) is 0 Å². The summed E-state index contributed by atoms with van der Waals surface area (Å²) < 4.78 is 1.82. The van der Waals surface area contributed by atoms with Crippen LogP contribution in [0.25, 0.3) is 27.7 Å². The van der Waals surface area contributed by atoms with Crippen molar-refractivity contribution in [3.8, 4) is 11.3 Å². The minimum Gasteiger partial charge on any atom is -0.316 e. The van der Waals surface area contributed by atoms with Crippen molar-refractivity contribution in [1.29, 1.82) is 0 Å². The number of hydrogen-bond donors (Lipinski definition) is 2. The van der Waals surface area contributed by atoms with Crippen LogP contribution in [0, 0.1) is 18.8 Å². The van der Waals surface area contributed by atoms with E-state index in [2.05, 4.69) is 45.7 Å². The van der Waals surface area contributed by atoms with E-state index < -0.39 is 0 Å². The molecule has 2 unspecified atom stereocenters. The van der Waals surface area contributed by atoms with Gasteiger partial charge in [-0.15, -0.1) is 0 Å². The van der Waals surface area contributed by atoms with Crippen LogP contribution >= 0.6 is 0 Å². The standard InChI is InChI=1S/C19H21N5/c1-11-3-18-17(19(23-22-18)15-9-21-24(2)10-15)6-16(11)12-4-13-7-20-8-14(13)5-12/h3-4,6,9-10,13-14,20H,5,7-8H2,1-2H3,(H,22,23). The summed E-state index contributed by atoms with van der Waals surface area (Å²) in [4.78, 5) is 0. The first kappa shape index (κ1) is 14.0. The lowest BCUT2D eigenvalue weighted by atomic mass is 9.94. The van der Waals surface area contributed by atoms with Gasteiger partial charge >= 0.3 is 0 Å². The molecule has 1 aromatic carbocycles. The molecule has 1 aliphatic heterocycles. The smallest absolute Gasteiger partial charge is 0.103 e. The number of rotatable bonds is 2. The van der Waals surface area contributed by atoms with Crippen molar-refractivity contribution in [1.82, 2.24) is 25.3 Å². The highest BCUT2D eigenvalue weighted by molar-refractivity contribution is 5.95. The molecule has 5 nitrogen and oxygen atoms in total. The molecule has 5 rings (SSSR count). The fraction of sp³-hybridized carbons (Fsp3) is 0.368. The number of nitrogens with zero attached hydrogens (tertiary/aromatic N) is 3. The first-order valence-corrected chi connectivity index (χ1v) is 8.58. The lowest BCUT2D eigenvalue weighted by Crippen LogP contribution is -2.09. The Hall–Kier alpha value is -2.40. The quantitative estimate of drug-likeness (QED) is 0.763. The predicted molar refractivity (Wildman–Crippen MR) is 95.5 cm³/mol. The molecule has 3 heterocycles. The summed E-state index contributed by atoms with van der Waals surface area (Å²) >= 11 is 0. The van der Waals surface area contributed by atoms with Gasteiger partial charge in [0, 0.05) is 30.7 Å². The van der Waals surface area contributed by atoms with E-state index in [4.69, 9.17) is 0 Å². The summed E-state index contributed by atoms with van der Waals surface area (Å²) in [5.74, 6) is 1.48. The Morgan fingerprint density at radius 1 is 1.25 bits per heavy atom. The average molecular weight is 319 g/mol. The van der Waals surface area contributed by atoms with Gasteiger partial charge in [0.05, 0.1) is 11.7 Å². The highest BCUT2D eigenvalue weighted by Crippen LogP contribution is 2.40. The van der Waals surface area contributed by atoms with Crippen LogP contribution in [0.15, 0.2) is 30.6 Å². The van der Waals surface area contributed by atoms with Crippen molar-refractivity contribution in [3.05, 3.63) is 41.7 Å². The van der Waals surface area contributed by atoms with Gasteiger partial charge < -0.3 is 5.32 Å². The third-order valence-corrected chi connectivity index (χ3v) is 5.52. The lowest BCUT2D eigenvalue weighted by Gasteiger charge is -2.10. The molecule has 0 amide bonds. The minimum absolute atomic E-state index is 0.706. The van der Waals surface area contributed by atoms with Crippen molar-refractivity contribution in [2.45, 2.75) is 13.3 Å². The number of allylic oxidation sites excluding steroid dienone is 1. The van der Waals surface area contributed by atoms with Crippen LogP contribution in [0.4, 0.5) is 0 Å². The van der Waals surface area contributed by atoms with E-state index in [9.17, 15) is 0 Å². The van der Waals surface area contributed by atoms with E-state index in [1.807, 2.05) is 24.1 Å². The Morgan fingerprint density at radius 3 is 2.96 bits per heavy atom. The predicted octanol–water partition coefficient (Wildman–Crippen LogP) is 2.89. The maximum atomic E-state index is 4.54. The molecule has 0 spiro atoms. The van der Waals surface area contributed by atoms with E-state index in [1.165, 1.54) is 28.5 Å². The number of aromatic amines is 1. The number of benzene rings is 1. The fourth-order valence-corrected chi connectivity index (χ4v) is 4.26. The first-order valence-electron chi connectivity index (χ1n) is 8.58. The van der Waals surface area contributed by atoms with Crippen LogP contribution in [0.1, 0.15) is 17.5 Å². The number of fused-ring (bicyclic) bond motifs is 2. The summed E-state index contributed by atoms with van der Waals surface area (Å²) in [5.41, 5.74) is 7.34. The zero-order valence-electron chi connectivity index (χ0n) is 14.0. The molecule has 24 heavy (non-hydrogen) atoms. The average Bonchev–Trinajstić information content (AvgIpc) is 3.28. The summed E-state index contributed by atoms with van der Waals surface area (Å²) in [6.07, 6.45) is 7.56. The van der Waals surface area contributed by atoms with Crippen LogP contribution in [-0.2, 0) is 7.05 Å². The molecular formula is C19H21N5. The normalized spacial score (nSPS) is 23.0. The maximum absolute atomic E-state index is 4.54. The molecule has 5 heteroatoms. The maximum Gasteiger partial charge on any atom is 0.103 e. The van der Waals surface area contributed by atoms with E-state index in [-0.39, 0.29) is 0 Å². The van der Waals surface area contributed by atoms with Crippen LogP contribution in [0.2, 0.25) is 0 Å². The number of aromatic nitrogens is 4. The van der Waals surface area contributed by atoms with Gasteiger partial charge in [-0.2, -0.15) is 10.2 Å².